The number of hydrogen-bond donors (Lipinski definition) is 1. The molecular weight excluding hydrogens is 233 g/mol. The first-order valence-corrected chi connectivity index (χ1v) is 5.40. The van der Waals surface area contributed by atoms with Crippen molar-refractivity contribution in [3.8, 4) is 0 Å². The molecule has 0 atom stereocenters. The molecule has 0 spiro atoms. The van der Waals surface area contributed by atoms with Gasteiger partial charge in [0, 0.05) is 0 Å². The number of ether oxygens (including phenoxy) is 1. The van der Waals surface area contributed by atoms with Gasteiger partial charge in [-0.1, -0.05) is 0 Å². The number of nitrogens with one attached hydrogen (secondary N) is 1. The van der Waals surface area contributed by atoms with Gasteiger partial charge in [-0.15, -0.1) is 0 Å². The summed E-state index contributed by atoms with van der Waals surface area (Å²) < 4.78 is 11.3. The molecule has 1 fully saturated rings. The first kappa shape index (κ1) is 7.71. The number of alkyl halides is 1. The van der Waals surface area contributed by atoms with Crippen molar-refractivity contribution < 1.29 is 29.4 Å². The fourth-order valence-electron chi connectivity index (χ4n) is 0.552. The quantitative estimate of drug-likeness (QED) is 0.355. The van der Waals surface area contributed by atoms with Crippen LogP contribution in [0.2, 0.25) is 0 Å². The second kappa shape index (κ2) is 5.40. The number of halogens is 1. The molecule has 1 heterocycles. The van der Waals surface area contributed by atoms with E-state index in [0.29, 0.717) is 0 Å². The third-order valence-electron chi connectivity index (χ3n) is 0.978. The Morgan fingerprint density at radius 1 is 1.22 bits per heavy atom. The van der Waals surface area contributed by atoms with Crippen LogP contribution in [-0.4, -0.2) is 30.9 Å². The van der Waals surface area contributed by atoms with Crippen LogP contribution < -0.4 is 26.9 Å². The van der Waals surface area contributed by atoms with Crippen LogP contribution >= 0.6 is 0 Å². The molecule has 0 aromatic rings. The molecule has 3 nitrogen and oxygen atoms in total. The van der Waals surface area contributed by atoms with Gasteiger partial charge in [0.1, 0.15) is 0 Å². The van der Waals surface area contributed by atoms with Crippen LogP contribution in [0.1, 0.15) is 0 Å². The maximum atomic E-state index is 5.28. The molecule has 1 N–H and O–H groups in total. The predicted molar refractivity (Wildman–Crippen MR) is 29.6 cm³/mol. The molecule has 0 saturated carbocycles. The molecule has 0 bridgehead atoms. The molecule has 0 amide bonds. The topological polar surface area (TPSA) is 30.5 Å². The third kappa shape index (κ3) is 4.07. The first-order chi connectivity index (χ1) is 4.50. The summed E-state index contributed by atoms with van der Waals surface area (Å²) in [6, 6.07) is 0. The summed E-state index contributed by atoms with van der Waals surface area (Å²) in [6.07, 6.45) is 0. The second-order valence-corrected chi connectivity index (χ2v) is 3.56. The van der Waals surface area contributed by atoms with Crippen molar-refractivity contribution in [1.82, 2.24) is 5.32 Å². The Kier molecular flexibility index (Phi) is 4.63. The van der Waals surface area contributed by atoms with Crippen LogP contribution in [0.25, 0.3) is 0 Å². The van der Waals surface area contributed by atoms with E-state index in [9.17, 15) is 0 Å². The van der Waals surface area contributed by atoms with E-state index in [1.807, 2.05) is 0 Å². The van der Waals surface area contributed by atoms with Gasteiger partial charge in [-0.05, 0) is 0 Å². The Hall–Kier alpha value is 0.610. The van der Waals surface area contributed by atoms with Crippen molar-refractivity contribution in [3.05, 3.63) is 0 Å². The minimum absolute atomic E-state index is 0.110. The zero-order valence-corrected chi connectivity index (χ0v) is 7.39. The SMILES string of the molecule is C1COC[I-]OCCN1. The fourth-order valence-corrected chi connectivity index (χ4v) is 1.75. The van der Waals surface area contributed by atoms with Crippen LogP contribution in [0.15, 0.2) is 0 Å². The predicted octanol–water partition coefficient (Wildman–Crippen LogP) is -3.42. The van der Waals surface area contributed by atoms with Gasteiger partial charge in [0.05, 0.1) is 0 Å². The van der Waals surface area contributed by atoms with E-state index in [4.69, 9.17) is 7.80 Å². The molecule has 0 aliphatic carbocycles. The number of hydrogen-bond acceptors (Lipinski definition) is 3. The molecule has 4 heteroatoms. The molecule has 0 aromatic carbocycles. The molecular formula is C5H11INO2-. The van der Waals surface area contributed by atoms with Crippen molar-refractivity contribution in [2.45, 2.75) is 0 Å². The van der Waals surface area contributed by atoms with Crippen LogP contribution in [0.5, 0.6) is 0 Å². The Bertz CT molecular complexity index is 43.4. The molecule has 0 aromatic heterocycles. The summed E-state index contributed by atoms with van der Waals surface area (Å²) in [4.78, 5) is 0. The first-order valence-electron chi connectivity index (χ1n) is 2.99. The monoisotopic (exact) mass is 244 g/mol. The molecule has 0 unspecified atom stereocenters. The zero-order chi connectivity index (χ0) is 6.36. The van der Waals surface area contributed by atoms with E-state index < -0.39 is 0 Å². The molecule has 9 heavy (non-hydrogen) atoms. The molecule has 1 rings (SSSR count). The summed E-state index contributed by atoms with van der Waals surface area (Å²) in [5.74, 6) is 0. The molecule has 0 radical (unpaired) electrons. The van der Waals surface area contributed by atoms with Crippen molar-refractivity contribution >= 4 is 0 Å². The second-order valence-electron chi connectivity index (χ2n) is 1.69. The van der Waals surface area contributed by atoms with Crippen molar-refractivity contribution in [3.63, 3.8) is 0 Å². The molecule has 56 valence electrons. The molecule has 1 aliphatic heterocycles. The average molecular weight is 244 g/mol. The van der Waals surface area contributed by atoms with Crippen LogP contribution in [-0.2, 0) is 7.80 Å². The van der Waals surface area contributed by atoms with Gasteiger partial charge in [-0.2, -0.15) is 0 Å². The van der Waals surface area contributed by atoms with Gasteiger partial charge in [0.25, 0.3) is 0 Å². The van der Waals surface area contributed by atoms with Crippen molar-refractivity contribution in [1.29, 1.82) is 0 Å². The maximum absolute atomic E-state index is 5.28. The Morgan fingerprint density at radius 3 is 3.11 bits per heavy atom. The minimum atomic E-state index is -0.110. The van der Waals surface area contributed by atoms with Crippen LogP contribution in [0.4, 0.5) is 0 Å². The standard InChI is InChI=1S/C5H11INO2/c1-3-8-5-6-9-4-2-7-1/h7H,1-5H2/q-1. The van der Waals surface area contributed by atoms with Gasteiger partial charge in [0.2, 0.25) is 0 Å². The van der Waals surface area contributed by atoms with E-state index in [1.54, 1.807) is 0 Å². The average Bonchev–Trinajstić information content (AvgIpc) is 2.00. The summed E-state index contributed by atoms with van der Waals surface area (Å²) in [6.45, 7) is 3.63. The van der Waals surface area contributed by atoms with Crippen molar-refractivity contribution in [2.75, 3.05) is 30.9 Å². The Morgan fingerprint density at radius 2 is 2.11 bits per heavy atom. The molecule has 1 saturated heterocycles. The van der Waals surface area contributed by atoms with Gasteiger partial charge in [0.15, 0.2) is 0 Å². The van der Waals surface area contributed by atoms with Gasteiger partial charge >= 0.3 is 65.7 Å². The summed E-state index contributed by atoms with van der Waals surface area (Å²) >= 11 is -0.110. The van der Waals surface area contributed by atoms with Crippen LogP contribution in [0, 0.1) is 0 Å². The fraction of sp³-hybridized carbons (Fsp3) is 1.00. The Labute approximate surface area is 65.9 Å². The van der Waals surface area contributed by atoms with Gasteiger partial charge in [-0.25, -0.2) is 0 Å². The summed E-state index contributed by atoms with van der Waals surface area (Å²) in [5.41, 5.74) is 0. The van der Waals surface area contributed by atoms with Gasteiger partial charge in [-0.3, -0.25) is 0 Å². The Balaban J connectivity index is 2.02. The third-order valence-corrected chi connectivity index (χ3v) is 2.55. The van der Waals surface area contributed by atoms with E-state index >= 15 is 0 Å². The van der Waals surface area contributed by atoms with E-state index in [2.05, 4.69) is 5.32 Å². The molecule has 1 aliphatic rings. The van der Waals surface area contributed by atoms with E-state index in [0.717, 1.165) is 30.9 Å². The normalized spacial score (nSPS) is 24.9. The number of rotatable bonds is 0. The van der Waals surface area contributed by atoms with E-state index in [-0.39, 0.29) is 21.6 Å². The summed E-state index contributed by atoms with van der Waals surface area (Å²) in [7, 11) is 0. The zero-order valence-electron chi connectivity index (χ0n) is 5.23. The van der Waals surface area contributed by atoms with Gasteiger partial charge < -0.3 is 0 Å². The van der Waals surface area contributed by atoms with Crippen LogP contribution in [0.3, 0.4) is 0 Å². The summed E-state index contributed by atoms with van der Waals surface area (Å²) in [5, 5.41) is 3.19. The van der Waals surface area contributed by atoms with E-state index in [1.165, 1.54) is 0 Å². The van der Waals surface area contributed by atoms with Crippen molar-refractivity contribution in [2.24, 2.45) is 0 Å².